The van der Waals surface area contributed by atoms with E-state index in [1.165, 1.54) is 24.9 Å². The number of imidazole rings is 2. The van der Waals surface area contributed by atoms with Crippen molar-refractivity contribution in [3.63, 3.8) is 0 Å². The molecular weight excluding hydrogens is 663 g/mol. The van der Waals surface area contributed by atoms with Crippen LogP contribution in [0.25, 0.3) is 44.4 Å². The van der Waals surface area contributed by atoms with Crippen molar-refractivity contribution < 1.29 is 19.4 Å². The summed E-state index contributed by atoms with van der Waals surface area (Å²) in [6, 6.07) is 21.6. The molecule has 3 atom stereocenters. The van der Waals surface area contributed by atoms with E-state index in [4.69, 9.17) is 9.72 Å². The molecule has 4 heterocycles. The van der Waals surface area contributed by atoms with Crippen LogP contribution in [-0.2, 0) is 4.74 Å². The molecule has 3 aliphatic rings. The smallest absolute Gasteiger partial charge is 0.408 e. The number of nitrogens with one attached hydrogen (secondary N) is 3. The molecule has 2 aliphatic heterocycles. The standard InChI is InChI=1S/C39H43N7O4S/c1-23(2)32(44-37(47)50-3)21-45-22-39(12-13-39)18-33(45)34-40-20-31(42-34)29-11-10-27-16-26(8-9-28(27)17-29)24-4-6-25(7-5-24)30-19-41-35(43-30)36-46(38(48)49)14-15-51-36/h4-11,16-17,19-20,23,32-33,36H,12-15,18,21-22H2,1-3H3,(H,40,42)(H,41,43)(H,44,47)(H,48,49). The van der Waals surface area contributed by atoms with Crippen LogP contribution in [0.2, 0.25) is 0 Å². The Morgan fingerprint density at radius 3 is 2.25 bits per heavy atom. The van der Waals surface area contributed by atoms with E-state index in [1.54, 1.807) is 18.0 Å². The lowest BCUT2D eigenvalue weighted by Gasteiger charge is -2.30. The van der Waals surface area contributed by atoms with Crippen molar-refractivity contribution in [2.45, 2.75) is 50.6 Å². The number of hydrogen-bond acceptors (Lipinski definition) is 7. The van der Waals surface area contributed by atoms with Gasteiger partial charge in [-0.2, -0.15) is 0 Å². The third kappa shape index (κ3) is 6.70. The molecule has 1 aliphatic carbocycles. The maximum atomic E-state index is 12.1. The van der Waals surface area contributed by atoms with Gasteiger partial charge < -0.3 is 25.1 Å². The van der Waals surface area contributed by atoms with E-state index >= 15 is 0 Å². The van der Waals surface area contributed by atoms with Gasteiger partial charge in [0.2, 0.25) is 0 Å². The molecule has 0 radical (unpaired) electrons. The van der Waals surface area contributed by atoms with E-state index in [0.29, 0.717) is 17.8 Å². The van der Waals surface area contributed by atoms with Gasteiger partial charge in [0.1, 0.15) is 17.0 Å². The highest BCUT2D eigenvalue weighted by Gasteiger charge is 2.53. The number of carbonyl (C=O) groups is 2. The fourth-order valence-corrected chi connectivity index (χ4v) is 8.80. The van der Waals surface area contributed by atoms with Crippen LogP contribution in [0.15, 0.2) is 73.1 Å². The molecule has 1 saturated carbocycles. The SMILES string of the molecule is COC(=O)NC(CN1CC2(CC2)CC1c1ncc(-c2ccc3cc(-c4ccc(-c5cnc(C6SCCN6C(=O)O)[nH]5)cc4)ccc3c2)[nH]1)C(C)C. The van der Waals surface area contributed by atoms with Crippen LogP contribution in [-0.4, -0.2) is 85.6 Å². The van der Waals surface area contributed by atoms with Gasteiger partial charge in [0, 0.05) is 37.0 Å². The highest BCUT2D eigenvalue weighted by molar-refractivity contribution is 7.99. The minimum Gasteiger partial charge on any atom is -0.465 e. The quantitative estimate of drug-likeness (QED) is 0.121. The van der Waals surface area contributed by atoms with Crippen LogP contribution in [0.4, 0.5) is 9.59 Å². The number of fused-ring (bicyclic) bond motifs is 1. The van der Waals surface area contributed by atoms with E-state index in [9.17, 15) is 14.7 Å². The van der Waals surface area contributed by atoms with Crippen molar-refractivity contribution in [2.24, 2.45) is 11.3 Å². The zero-order valence-electron chi connectivity index (χ0n) is 29.1. The fraction of sp³-hybridized carbons (Fsp3) is 0.385. The van der Waals surface area contributed by atoms with E-state index < -0.39 is 6.09 Å². The van der Waals surface area contributed by atoms with Crippen LogP contribution in [0.1, 0.15) is 56.2 Å². The highest BCUT2D eigenvalue weighted by atomic mass is 32.2. The molecular formula is C39H43N7O4S. The Morgan fingerprint density at radius 2 is 1.57 bits per heavy atom. The Morgan fingerprint density at radius 1 is 0.941 bits per heavy atom. The van der Waals surface area contributed by atoms with Crippen molar-refractivity contribution in [2.75, 3.05) is 32.5 Å². The average molecular weight is 706 g/mol. The Labute approximate surface area is 301 Å². The van der Waals surface area contributed by atoms with Gasteiger partial charge in [-0.25, -0.2) is 19.6 Å². The summed E-state index contributed by atoms with van der Waals surface area (Å²) in [7, 11) is 1.41. The topological polar surface area (TPSA) is 139 Å². The molecule has 2 saturated heterocycles. The summed E-state index contributed by atoms with van der Waals surface area (Å²) < 4.78 is 4.91. The van der Waals surface area contributed by atoms with Gasteiger partial charge in [-0.15, -0.1) is 11.8 Å². The molecule has 1 spiro atoms. The maximum Gasteiger partial charge on any atom is 0.408 e. The normalized spacial score (nSPS) is 20.4. The lowest BCUT2D eigenvalue weighted by atomic mass is 9.98. The van der Waals surface area contributed by atoms with Crippen LogP contribution in [0.3, 0.4) is 0 Å². The monoisotopic (exact) mass is 705 g/mol. The number of carboxylic acid groups (broad SMARTS) is 1. The number of nitrogens with zero attached hydrogens (tertiary/aromatic N) is 4. The molecule has 4 N–H and O–H groups in total. The van der Waals surface area contributed by atoms with Gasteiger partial charge in [0.25, 0.3) is 0 Å². The molecule has 264 valence electrons. The average Bonchev–Trinajstić information content (AvgIpc) is 3.66. The molecule has 3 aromatic carbocycles. The third-order valence-electron chi connectivity index (χ3n) is 10.8. The number of aromatic amines is 2. The van der Waals surface area contributed by atoms with Crippen molar-refractivity contribution in [1.29, 1.82) is 0 Å². The van der Waals surface area contributed by atoms with Crippen molar-refractivity contribution >= 4 is 34.7 Å². The van der Waals surface area contributed by atoms with Crippen LogP contribution in [0.5, 0.6) is 0 Å². The number of amides is 2. The number of alkyl carbamates (subject to hydrolysis) is 1. The van der Waals surface area contributed by atoms with Crippen molar-refractivity contribution in [3.05, 3.63) is 84.7 Å². The summed E-state index contributed by atoms with van der Waals surface area (Å²) in [5, 5.41) is 14.6. The first-order valence-electron chi connectivity index (χ1n) is 17.6. The summed E-state index contributed by atoms with van der Waals surface area (Å²) in [5.74, 6) is 2.68. The summed E-state index contributed by atoms with van der Waals surface area (Å²) in [5.41, 5.74) is 6.57. The van der Waals surface area contributed by atoms with E-state index in [1.807, 2.05) is 6.20 Å². The van der Waals surface area contributed by atoms with Gasteiger partial charge in [0.15, 0.2) is 0 Å². The predicted molar refractivity (Wildman–Crippen MR) is 199 cm³/mol. The number of hydrogen-bond donors (Lipinski definition) is 4. The van der Waals surface area contributed by atoms with Gasteiger partial charge >= 0.3 is 12.2 Å². The van der Waals surface area contributed by atoms with Crippen molar-refractivity contribution in [3.8, 4) is 33.6 Å². The maximum absolute atomic E-state index is 12.1. The Balaban J connectivity index is 0.970. The van der Waals surface area contributed by atoms with Gasteiger partial charge in [-0.3, -0.25) is 9.80 Å². The lowest BCUT2D eigenvalue weighted by Crippen LogP contribution is -2.46. The second-order valence-electron chi connectivity index (χ2n) is 14.6. The van der Waals surface area contributed by atoms with Crippen LogP contribution >= 0.6 is 11.8 Å². The molecule has 0 bridgehead atoms. The summed E-state index contributed by atoms with van der Waals surface area (Å²) in [6.07, 6.45) is 6.01. The molecule has 12 heteroatoms. The van der Waals surface area contributed by atoms with E-state index in [-0.39, 0.29) is 29.5 Å². The number of rotatable bonds is 9. The molecule has 8 rings (SSSR count). The second-order valence-corrected chi connectivity index (χ2v) is 15.7. The van der Waals surface area contributed by atoms with Crippen LogP contribution < -0.4 is 5.32 Å². The zero-order chi connectivity index (χ0) is 35.3. The molecule has 2 amide bonds. The highest BCUT2D eigenvalue weighted by Crippen LogP contribution is 2.58. The number of H-pyrrole nitrogens is 2. The van der Waals surface area contributed by atoms with E-state index in [0.717, 1.165) is 75.5 Å². The first kappa shape index (κ1) is 33.3. The fourth-order valence-electron chi connectivity index (χ4n) is 7.62. The number of methoxy groups -OCH3 is 1. The minimum absolute atomic E-state index is 0.00884. The second kappa shape index (κ2) is 13.4. The van der Waals surface area contributed by atoms with Gasteiger partial charge in [-0.05, 0) is 70.2 Å². The number of ether oxygens (including phenoxy) is 1. The number of thioether (sulfide) groups is 1. The molecule has 11 nitrogen and oxygen atoms in total. The Kier molecular flexibility index (Phi) is 8.75. The first-order valence-corrected chi connectivity index (χ1v) is 18.7. The zero-order valence-corrected chi connectivity index (χ0v) is 29.9. The molecule has 3 fully saturated rings. The molecule has 51 heavy (non-hydrogen) atoms. The lowest BCUT2D eigenvalue weighted by molar-refractivity contribution is 0.146. The molecule has 3 unspecified atom stereocenters. The Hall–Kier alpha value is -4.81. The van der Waals surface area contributed by atoms with Crippen molar-refractivity contribution in [1.82, 2.24) is 35.1 Å². The number of aromatic nitrogens is 4. The van der Waals surface area contributed by atoms with Gasteiger partial charge in [0.05, 0.1) is 36.9 Å². The molecule has 5 aromatic rings. The van der Waals surface area contributed by atoms with Gasteiger partial charge in [-0.1, -0.05) is 62.4 Å². The summed E-state index contributed by atoms with van der Waals surface area (Å²) in [4.78, 5) is 44.0. The number of benzene rings is 3. The Bertz CT molecular complexity index is 2070. The van der Waals surface area contributed by atoms with E-state index in [2.05, 4.69) is 99.7 Å². The minimum atomic E-state index is -0.921. The number of likely N-dealkylation sites (tertiary alicyclic amines) is 1. The molecule has 2 aromatic heterocycles. The first-order chi connectivity index (χ1) is 24.7. The predicted octanol–water partition coefficient (Wildman–Crippen LogP) is 7.92. The summed E-state index contributed by atoms with van der Waals surface area (Å²) in [6.45, 7) is 6.56. The third-order valence-corrected chi connectivity index (χ3v) is 12.1. The van der Waals surface area contributed by atoms with Crippen LogP contribution in [0, 0.1) is 11.3 Å². The summed E-state index contributed by atoms with van der Waals surface area (Å²) >= 11 is 1.58. The largest absolute Gasteiger partial charge is 0.465 e. The number of carbonyl (C=O) groups excluding carboxylic acids is 1.